The number of allylic oxidation sites excluding steroid dienone is 2. The van der Waals surface area contributed by atoms with Crippen molar-refractivity contribution in [1.29, 1.82) is 5.41 Å². The van der Waals surface area contributed by atoms with Gasteiger partial charge in [0.15, 0.2) is 5.76 Å². The molecule has 0 atom stereocenters. The van der Waals surface area contributed by atoms with E-state index in [4.69, 9.17) is 5.41 Å². The predicted octanol–water partition coefficient (Wildman–Crippen LogP) is 2.34. The molecule has 21 heavy (non-hydrogen) atoms. The van der Waals surface area contributed by atoms with E-state index in [1.54, 1.807) is 30.3 Å². The van der Waals surface area contributed by atoms with Crippen molar-refractivity contribution in [2.75, 3.05) is 0 Å². The molecular formula is C16H10N2O3. The van der Waals surface area contributed by atoms with Crippen molar-refractivity contribution in [3.63, 3.8) is 0 Å². The van der Waals surface area contributed by atoms with Gasteiger partial charge in [0.1, 0.15) is 5.69 Å². The first-order valence-corrected chi connectivity index (χ1v) is 6.23. The van der Waals surface area contributed by atoms with Crippen molar-refractivity contribution in [3.8, 4) is 0 Å². The topological polar surface area (TPSA) is 91.1 Å². The van der Waals surface area contributed by atoms with Crippen LogP contribution >= 0.6 is 0 Å². The molecule has 1 aromatic carbocycles. The van der Waals surface area contributed by atoms with Crippen LogP contribution in [-0.4, -0.2) is 27.4 Å². The van der Waals surface area contributed by atoms with Crippen LogP contribution < -0.4 is 0 Å². The summed E-state index contributed by atoms with van der Waals surface area (Å²) in [6.45, 7) is 0. The Bertz CT molecular complexity index is 807. The number of fused-ring (bicyclic) bond motifs is 1. The molecule has 5 nitrogen and oxygen atoms in total. The van der Waals surface area contributed by atoms with Gasteiger partial charge in [-0.3, -0.25) is 20.0 Å². The van der Waals surface area contributed by atoms with Crippen molar-refractivity contribution in [3.05, 3.63) is 76.8 Å². The summed E-state index contributed by atoms with van der Waals surface area (Å²) >= 11 is 0. The Morgan fingerprint density at radius 2 is 1.71 bits per heavy atom. The number of Topliss-reactive ketones (excluding diaryl/α,β-unsaturated/α-hetero) is 2. The molecule has 5 heteroatoms. The summed E-state index contributed by atoms with van der Waals surface area (Å²) in [5.41, 5.74) is -0.0275. The lowest BCUT2D eigenvalue weighted by molar-refractivity contribution is 0.0931. The fraction of sp³-hybridized carbons (Fsp3) is 0. The molecular weight excluding hydrogens is 268 g/mol. The molecule has 0 bridgehead atoms. The van der Waals surface area contributed by atoms with Crippen molar-refractivity contribution in [2.45, 2.75) is 0 Å². The maximum absolute atomic E-state index is 12.4. The Morgan fingerprint density at radius 3 is 2.43 bits per heavy atom. The Labute approximate surface area is 120 Å². The van der Waals surface area contributed by atoms with Gasteiger partial charge in [0.05, 0.1) is 16.8 Å². The van der Waals surface area contributed by atoms with Crippen LogP contribution in [0, 0.1) is 5.41 Å². The number of nitrogens with zero attached hydrogens (tertiary/aromatic N) is 1. The maximum Gasteiger partial charge on any atom is 0.230 e. The lowest BCUT2D eigenvalue weighted by Gasteiger charge is -2.17. The van der Waals surface area contributed by atoms with Crippen LogP contribution in [0.3, 0.4) is 0 Å². The summed E-state index contributed by atoms with van der Waals surface area (Å²) in [6.07, 6.45) is 1.40. The molecule has 1 aromatic heterocycles. The van der Waals surface area contributed by atoms with E-state index in [0.29, 0.717) is 5.56 Å². The van der Waals surface area contributed by atoms with E-state index in [2.05, 4.69) is 4.98 Å². The van der Waals surface area contributed by atoms with Gasteiger partial charge in [0.25, 0.3) is 0 Å². The van der Waals surface area contributed by atoms with Crippen molar-refractivity contribution < 1.29 is 14.7 Å². The highest BCUT2D eigenvalue weighted by Crippen LogP contribution is 2.25. The lowest BCUT2D eigenvalue weighted by Crippen LogP contribution is -2.27. The number of benzene rings is 1. The van der Waals surface area contributed by atoms with E-state index < -0.39 is 17.3 Å². The first kappa shape index (κ1) is 12.9. The fourth-order valence-electron chi connectivity index (χ4n) is 2.22. The number of carbonyl (C=O) groups is 2. The highest BCUT2D eigenvalue weighted by atomic mass is 16.3. The number of hydrogen-bond donors (Lipinski definition) is 2. The largest absolute Gasteiger partial charge is 0.504 e. The predicted molar refractivity (Wildman–Crippen MR) is 75.8 cm³/mol. The number of aromatic nitrogens is 1. The smallest absolute Gasteiger partial charge is 0.230 e. The number of rotatable bonds is 2. The van der Waals surface area contributed by atoms with Crippen LogP contribution in [0.5, 0.6) is 0 Å². The third-order valence-electron chi connectivity index (χ3n) is 3.26. The third-order valence-corrected chi connectivity index (χ3v) is 3.26. The average Bonchev–Trinajstić information content (AvgIpc) is 2.53. The molecule has 0 aliphatic heterocycles. The molecule has 0 radical (unpaired) electrons. The molecule has 0 saturated carbocycles. The Morgan fingerprint density at radius 1 is 1.00 bits per heavy atom. The van der Waals surface area contributed by atoms with Crippen LogP contribution in [0.15, 0.2) is 60.0 Å². The summed E-state index contributed by atoms with van der Waals surface area (Å²) in [4.78, 5) is 28.4. The Balaban J connectivity index is 2.16. The summed E-state index contributed by atoms with van der Waals surface area (Å²) < 4.78 is 0. The number of aliphatic hydroxyl groups is 1. The lowest BCUT2D eigenvalue weighted by atomic mass is 9.87. The number of aliphatic hydroxyl groups excluding tert-OH is 1. The van der Waals surface area contributed by atoms with Gasteiger partial charge in [-0.25, -0.2) is 0 Å². The van der Waals surface area contributed by atoms with Crippen molar-refractivity contribution >= 4 is 17.3 Å². The van der Waals surface area contributed by atoms with Gasteiger partial charge in [-0.15, -0.1) is 0 Å². The van der Waals surface area contributed by atoms with E-state index in [1.807, 2.05) is 0 Å². The minimum Gasteiger partial charge on any atom is -0.504 e. The van der Waals surface area contributed by atoms with Gasteiger partial charge < -0.3 is 5.11 Å². The van der Waals surface area contributed by atoms with E-state index in [0.717, 1.165) is 0 Å². The number of carbonyl (C=O) groups excluding carboxylic acids is 2. The van der Waals surface area contributed by atoms with E-state index in [9.17, 15) is 14.7 Å². The van der Waals surface area contributed by atoms with Gasteiger partial charge in [-0.1, -0.05) is 30.3 Å². The highest BCUT2D eigenvalue weighted by molar-refractivity contribution is 6.38. The zero-order valence-corrected chi connectivity index (χ0v) is 10.8. The number of pyridine rings is 1. The number of hydrogen-bond acceptors (Lipinski definition) is 5. The second-order valence-corrected chi connectivity index (χ2v) is 4.52. The van der Waals surface area contributed by atoms with Crippen LogP contribution in [0.25, 0.3) is 0 Å². The second-order valence-electron chi connectivity index (χ2n) is 4.52. The van der Waals surface area contributed by atoms with E-state index >= 15 is 0 Å². The Hall–Kier alpha value is -3.08. The van der Waals surface area contributed by atoms with Crippen molar-refractivity contribution in [1.82, 2.24) is 4.98 Å². The van der Waals surface area contributed by atoms with E-state index in [1.165, 1.54) is 18.3 Å². The fourth-order valence-corrected chi connectivity index (χ4v) is 2.22. The second kappa shape index (κ2) is 4.79. The summed E-state index contributed by atoms with van der Waals surface area (Å²) in [5, 5.41) is 18.1. The molecule has 0 saturated heterocycles. The maximum atomic E-state index is 12.4. The van der Waals surface area contributed by atoms with Gasteiger partial charge in [-0.05, 0) is 12.1 Å². The monoisotopic (exact) mass is 278 g/mol. The molecule has 0 amide bonds. The minimum atomic E-state index is -0.700. The summed E-state index contributed by atoms with van der Waals surface area (Å²) in [6, 6.07) is 11.4. The van der Waals surface area contributed by atoms with E-state index in [-0.39, 0.29) is 22.5 Å². The average molecular weight is 278 g/mol. The number of nitrogens with one attached hydrogen (secondary N) is 1. The van der Waals surface area contributed by atoms with Crippen molar-refractivity contribution in [2.24, 2.45) is 0 Å². The van der Waals surface area contributed by atoms with Gasteiger partial charge in [0.2, 0.25) is 11.6 Å². The minimum absolute atomic E-state index is 0.0315. The normalized spacial score (nSPS) is 14.1. The van der Waals surface area contributed by atoms with Gasteiger partial charge >= 0.3 is 0 Å². The third kappa shape index (κ3) is 1.95. The molecule has 1 aliphatic rings. The zero-order chi connectivity index (χ0) is 15.0. The molecule has 3 rings (SSSR count). The SMILES string of the molecule is N=C(C1=C(O)C(=O)c2cccnc2C1=O)c1ccccc1. The number of ketones is 2. The molecule has 2 aromatic rings. The van der Waals surface area contributed by atoms with Gasteiger partial charge in [0, 0.05) is 11.8 Å². The highest BCUT2D eigenvalue weighted by Gasteiger charge is 2.35. The first-order chi connectivity index (χ1) is 10.1. The molecule has 102 valence electrons. The van der Waals surface area contributed by atoms with Gasteiger partial charge in [-0.2, -0.15) is 0 Å². The molecule has 0 unspecified atom stereocenters. The van der Waals surface area contributed by atoms with Crippen LogP contribution in [-0.2, 0) is 0 Å². The molecule has 1 aliphatic carbocycles. The molecule has 1 heterocycles. The first-order valence-electron chi connectivity index (χ1n) is 6.23. The van der Waals surface area contributed by atoms with Crippen LogP contribution in [0.2, 0.25) is 0 Å². The zero-order valence-electron chi connectivity index (χ0n) is 10.8. The van der Waals surface area contributed by atoms with Crippen LogP contribution in [0.4, 0.5) is 0 Å². The molecule has 0 spiro atoms. The molecule has 0 fully saturated rings. The summed E-state index contributed by atoms with van der Waals surface area (Å²) in [5.74, 6) is -2.00. The Kier molecular flexibility index (Phi) is 2.95. The molecule has 2 N–H and O–H groups in total. The standard InChI is InChI=1S/C16H10N2O3/c17-12(9-5-2-1-3-6-9)11-15(20)13-10(7-4-8-18-13)14(19)16(11)21/h1-8,17,21H. The van der Waals surface area contributed by atoms with Crippen LogP contribution in [0.1, 0.15) is 26.4 Å². The summed E-state index contributed by atoms with van der Waals surface area (Å²) in [7, 11) is 0. The quantitative estimate of drug-likeness (QED) is 0.825.